The Morgan fingerprint density at radius 1 is 1.08 bits per heavy atom. The molecule has 0 radical (unpaired) electrons. The Hall–Kier alpha value is -2.21. The van der Waals surface area contributed by atoms with E-state index in [1.54, 1.807) is 11.9 Å². The van der Waals surface area contributed by atoms with E-state index < -0.39 is 6.17 Å². The normalized spacial score (nSPS) is 13.3. The Bertz CT molecular complexity index is 639. The molecular formula is C19H25N3O2. The number of amides is 1. The van der Waals surface area contributed by atoms with Crippen LogP contribution in [0.1, 0.15) is 24.2 Å². The van der Waals surface area contributed by atoms with Crippen LogP contribution in [0, 0.1) is 0 Å². The van der Waals surface area contributed by atoms with Crippen LogP contribution in [0.4, 0.5) is 0 Å². The number of hydrogen-bond donors (Lipinski definition) is 3. The molecule has 0 bridgehead atoms. The summed E-state index contributed by atoms with van der Waals surface area (Å²) < 4.78 is 0. The molecule has 5 nitrogen and oxygen atoms in total. The van der Waals surface area contributed by atoms with Gasteiger partial charge in [-0.3, -0.25) is 4.79 Å². The third-order valence-electron chi connectivity index (χ3n) is 4.26. The second-order valence-corrected chi connectivity index (χ2v) is 5.67. The van der Waals surface area contributed by atoms with Crippen LogP contribution in [-0.4, -0.2) is 41.8 Å². The molecule has 0 aromatic heterocycles. The summed E-state index contributed by atoms with van der Waals surface area (Å²) in [6.07, 6.45) is -0.391. The molecule has 128 valence electrons. The highest BCUT2D eigenvalue weighted by molar-refractivity contribution is 5.95. The van der Waals surface area contributed by atoms with Gasteiger partial charge in [0.2, 0.25) is 0 Å². The van der Waals surface area contributed by atoms with Gasteiger partial charge in [-0.25, -0.2) is 0 Å². The van der Waals surface area contributed by atoms with Crippen molar-refractivity contribution in [1.82, 2.24) is 15.7 Å². The van der Waals surface area contributed by atoms with Crippen molar-refractivity contribution >= 4 is 5.91 Å². The maximum atomic E-state index is 12.8. The van der Waals surface area contributed by atoms with Gasteiger partial charge in [0.15, 0.2) is 0 Å². The van der Waals surface area contributed by atoms with E-state index in [0.717, 1.165) is 11.1 Å². The highest BCUT2D eigenvalue weighted by atomic mass is 16.5. The van der Waals surface area contributed by atoms with Gasteiger partial charge in [0.05, 0.1) is 6.04 Å². The van der Waals surface area contributed by atoms with E-state index in [-0.39, 0.29) is 11.9 Å². The zero-order valence-electron chi connectivity index (χ0n) is 14.4. The van der Waals surface area contributed by atoms with Crippen LogP contribution in [0.3, 0.4) is 0 Å². The quantitative estimate of drug-likeness (QED) is 0.540. The first-order valence-electron chi connectivity index (χ1n) is 8.15. The minimum Gasteiger partial charge on any atom is -0.333 e. The van der Waals surface area contributed by atoms with E-state index in [0.29, 0.717) is 12.1 Å². The highest BCUT2D eigenvalue weighted by Gasteiger charge is 2.25. The standard InChI is InChI=1S/C19H25N3O2/c1-4-22(14(2)18(20-3)21-24)19(23)17-12-10-16(11-13-17)15-8-6-5-7-9-15/h5-14,18,20-21,24H,4H2,1-3H3. The second-order valence-electron chi connectivity index (χ2n) is 5.67. The average Bonchev–Trinajstić information content (AvgIpc) is 2.64. The number of hydrogen-bond acceptors (Lipinski definition) is 4. The summed E-state index contributed by atoms with van der Waals surface area (Å²) in [4.78, 5) is 14.5. The Morgan fingerprint density at radius 3 is 2.17 bits per heavy atom. The third kappa shape index (κ3) is 4.00. The van der Waals surface area contributed by atoms with E-state index in [2.05, 4.69) is 10.8 Å². The number of hydroxylamine groups is 1. The van der Waals surface area contributed by atoms with Crippen LogP contribution >= 0.6 is 0 Å². The zero-order valence-corrected chi connectivity index (χ0v) is 14.4. The summed E-state index contributed by atoms with van der Waals surface area (Å²) >= 11 is 0. The van der Waals surface area contributed by atoms with Gasteiger partial charge in [0.25, 0.3) is 5.91 Å². The lowest BCUT2D eigenvalue weighted by Crippen LogP contribution is -2.55. The molecule has 5 heteroatoms. The fraction of sp³-hybridized carbons (Fsp3) is 0.316. The monoisotopic (exact) mass is 327 g/mol. The Balaban J connectivity index is 2.19. The molecule has 0 saturated carbocycles. The van der Waals surface area contributed by atoms with Crippen LogP contribution in [0.2, 0.25) is 0 Å². The van der Waals surface area contributed by atoms with Crippen molar-refractivity contribution in [2.45, 2.75) is 26.1 Å². The van der Waals surface area contributed by atoms with E-state index in [4.69, 9.17) is 0 Å². The van der Waals surface area contributed by atoms with Crippen LogP contribution in [0.5, 0.6) is 0 Å². The molecule has 24 heavy (non-hydrogen) atoms. The zero-order chi connectivity index (χ0) is 17.5. The topological polar surface area (TPSA) is 64.6 Å². The van der Waals surface area contributed by atoms with E-state index >= 15 is 0 Å². The summed E-state index contributed by atoms with van der Waals surface area (Å²) in [6.45, 7) is 4.38. The Kier molecular flexibility index (Phi) is 6.49. The van der Waals surface area contributed by atoms with Crippen LogP contribution in [0.15, 0.2) is 54.6 Å². The molecule has 2 aromatic rings. The summed E-state index contributed by atoms with van der Waals surface area (Å²) in [5.41, 5.74) is 5.03. The summed E-state index contributed by atoms with van der Waals surface area (Å²) in [5.74, 6) is -0.0555. The van der Waals surface area contributed by atoms with Crippen molar-refractivity contribution in [2.24, 2.45) is 0 Å². The number of nitrogens with zero attached hydrogens (tertiary/aromatic N) is 1. The molecule has 0 saturated heterocycles. The molecule has 3 N–H and O–H groups in total. The van der Waals surface area contributed by atoms with Crippen molar-refractivity contribution in [1.29, 1.82) is 0 Å². The minimum atomic E-state index is -0.391. The maximum Gasteiger partial charge on any atom is 0.254 e. The molecule has 2 aromatic carbocycles. The highest BCUT2D eigenvalue weighted by Crippen LogP contribution is 2.20. The number of nitrogens with one attached hydrogen (secondary N) is 2. The molecule has 2 unspecified atom stereocenters. The molecule has 1 amide bonds. The van der Waals surface area contributed by atoms with Crippen LogP contribution in [-0.2, 0) is 0 Å². The smallest absolute Gasteiger partial charge is 0.254 e. The largest absolute Gasteiger partial charge is 0.333 e. The maximum absolute atomic E-state index is 12.8. The molecule has 0 heterocycles. The molecule has 2 atom stereocenters. The Labute approximate surface area is 143 Å². The van der Waals surface area contributed by atoms with Crippen molar-refractivity contribution in [2.75, 3.05) is 13.6 Å². The van der Waals surface area contributed by atoms with Crippen LogP contribution in [0.25, 0.3) is 11.1 Å². The predicted molar refractivity (Wildman–Crippen MR) is 95.8 cm³/mol. The van der Waals surface area contributed by atoms with Crippen molar-refractivity contribution in [3.63, 3.8) is 0 Å². The lowest BCUT2D eigenvalue weighted by Gasteiger charge is -2.33. The number of carbonyl (C=O) groups excluding carboxylic acids is 1. The van der Waals surface area contributed by atoms with Gasteiger partial charge in [0, 0.05) is 12.1 Å². The predicted octanol–water partition coefficient (Wildman–Crippen LogP) is 2.73. The van der Waals surface area contributed by atoms with Crippen molar-refractivity contribution in [3.05, 3.63) is 60.2 Å². The lowest BCUT2D eigenvalue weighted by atomic mass is 10.0. The first kappa shape index (κ1) is 18.1. The van der Waals surface area contributed by atoms with Crippen molar-refractivity contribution in [3.8, 4) is 11.1 Å². The summed E-state index contributed by atoms with van der Waals surface area (Å²) in [5, 5.41) is 12.2. The fourth-order valence-corrected chi connectivity index (χ4v) is 2.81. The molecule has 0 aliphatic carbocycles. The fourth-order valence-electron chi connectivity index (χ4n) is 2.81. The summed E-state index contributed by atoms with van der Waals surface area (Å²) in [7, 11) is 1.73. The first-order chi connectivity index (χ1) is 11.6. The number of carbonyl (C=O) groups is 1. The average molecular weight is 327 g/mol. The number of rotatable bonds is 7. The second kappa shape index (κ2) is 8.59. The molecular weight excluding hydrogens is 302 g/mol. The van der Waals surface area contributed by atoms with Gasteiger partial charge in [-0.2, -0.15) is 5.48 Å². The Morgan fingerprint density at radius 2 is 1.67 bits per heavy atom. The summed E-state index contributed by atoms with van der Waals surface area (Å²) in [6, 6.07) is 17.5. The molecule has 0 spiro atoms. The van der Waals surface area contributed by atoms with Gasteiger partial charge in [-0.05, 0) is 44.2 Å². The first-order valence-corrected chi connectivity index (χ1v) is 8.15. The molecule has 0 fully saturated rings. The van der Waals surface area contributed by atoms with Gasteiger partial charge in [-0.1, -0.05) is 42.5 Å². The lowest BCUT2D eigenvalue weighted by molar-refractivity contribution is 0.0437. The van der Waals surface area contributed by atoms with Gasteiger partial charge in [0.1, 0.15) is 6.17 Å². The van der Waals surface area contributed by atoms with E-state index in [1.165, 1.54) is 0 Å². The van der Waals surface area contributed by atoms with Gasteiger partial charge in [-0.15, -0.1) is 0 Å². The molecule has 2 rings (SSSR count). The minimum absolute atomic E-state index is 0.0555. The number of likely N-dealkylation sites (N-methyl/N-ethyl adjacent to an activating group) is 2. The van der Waals surface area contributed by atoms with E-state index in [9.17, 15) is 10.0 Å². The number of benzene rings is 2. The van der Waals surface area contributed by atoms with Gasteiger partial charge >= 0.3 is 0 Å². The van der Waals surface area contributed by atoms with Crippen molar-refractivity contribution < 1.29 is 10.0 Å². The van der Waals surface area contributed by atoms with E-state index in [1.807, 2.05) is 68.4 Å². The van der Waals surface area contributed by atoms with Gasteiger partial charge < -0.3 is 15.4 Å². The third-order valence-corrected chi connectivity index (χ3v) is 4.26. The molecule has 0 aliphatic heterocycles. The SMILES string of the molecule is CCN(C(=O)c1ccc(-c2ccccc2)cc1)C(C)C(NC)NO. The van der Waals surface area contributed by atoms with Crippen LogP contribution < -0.4 is 10.8 Å². The molecule has 0 aliphatic rings.